The van der Waals surface area contributed by atoms with Crippen molar-refractivity contribution in [2.24, 2.45) is 0 Å². The van der Waals surface area contributed by atoms with E-state index in [0.717, 1.165) is 24.2 Å². The van der Waals surface area contributed by atoms with Crippen LogP contribution in [-0.4, -0.2) is 68.9 Å². The van der Waals surface area contributed by atoms with Crippen molar-refractivity contribution in [2.75, 3.05) is 19.6 Å². The molecule has 3 heterocycles. The van der Waals surface area contributed by atoms with Gasteiger partial charge in [0.2, 0.25) is 0 Å². The number of aromatic amines is 1. The molecule has 0 spiro atoms. The molecule has 33 heavy (non-hydrogen) atoms. The number of carboxylic acid groups (broad SMARTS) is 1. The van der Waals surface area contributed by atoms with E-state index in [-0.39, 0.29) is 11.9 Å². The lowest BCUT2D eigenvalue weighted by Gasteiger charge is -2.34. The van der Waals surface area contributed by atoms with E-state index in [2.05, 4.69) is 32.6 Å². The second-order valence-corrected chi connectivity index (χ2v) is 7.33. The molecule has 0 radical (unpaired) electrons. The second kappa shape index (κ2) is 10.7. The van der Waals surface area contributed by atoms with Crippen LogP contribution < -0.4 is 5.32 Å². The topological polar surface area (TPSA) is 111 Å². The van der Waals surface area contributed by atoms with Crippen LogP contribution in [0.15, 0.2) is 61.1 Å². The average molecular weight is 461 g/mol. The number of nitrogens with zero attached hydrogens (tertiary/aromatic N) is 3. The van der Waals surface area contributed by atoms with Gasteiger partial charge in [0.1, 0.15) is 0 Å². The molecule has 1 saturated heterocycles. The Balaban J connectivity index is 0.000000383. The highest BCUT2D eigenvalue weighted by Crippen LogP contribution is 2.18. The standard InChI is InChI=1S/C20H21N5O.C2HF3O2/c26-20(17-11-16(12-21-13-17)19-6-7-23-24-19)25-9-8-22-18(14-25)10-15-4-2-1-3-5-15;3-2(4,5)1(6)7/h1-7,11-13,18,22H,8-10,14H2,(H,23,24);(H,6,7). The van der Waals surface area contributed by atoms with Crippen molar-refractivity contribution in [3.8, 4) is 11.3 Å². The number of benzene rings is 1. The largest absolute Gasteiger partial charge is 0.490 e. The Hall–Kier alpha value is -3.73. The van der Waals surface area contributed by atoms with Crippen LogP contribution in [0.3, 0.4) is 0 Å². The molecule has 2 aromatic heterocycles. The molecule has 11 heteroatoms. The first-order valence-corrected chi connectivity index (χ1v) is 10.1. The third-order valence-electron chi connectivity index (χ3n) is 4.91. The van der Waals surface area contributed by atoms with E-state index in [1.54, 1.807) is 18.6 Å². The molecule has 0 saturated carbocycles. The van der Waals surface area contributed by atoms with Crippen molar-refractivity contribution in [1.82, 2.24) is 25.4 Å². The molecule has 1 fully saturated rings. The van der Waals surface area contributed by atoms with Gasteiger partial charge in [-0.15, -0.1) is 0 Å². The van der Waals surface area contributed by atoms with E-state index in [4.69, 9.17) is 9.90 Å². The van der Waals surface area contributed by atoms with E-state index in [9.17, 15) is 18.0 Å². The van der Waals surface area contributed by atoms with Gasteiger partial charge in [-0.1, -0.05) is 30.3 Å². The molecular formula is C22H22F3N5O3. The van der Waals surface area contributed by atoms with Crippen molar-refractivity contribution >= 4 is 11.9 Å². The normalized spacial score (nSPS) is 16.0. The van der Waals surface area contributed by atoms with Gasteiger partial charge in [-0.05, 0) is 24.1 Å². The highest BCUT2D eigenvalue weighted by Gasteiger charge is 2.38. The van der Waals surface area contributed by atoms with Gasteiger partial charge in [-0.3, -0.25) is 14.9 Å². The van der Waals surface area contributed by atoms with Crippen LogP contribution >= 0.6 is 0 Å². The van der Waals surface area contributed by atoms with E-state index in [1.807, 2.05) is 35.2 Å². The van der Waals surface area contributed by atoms with Gasteiger partial charge in [0.15, 0.2) is 0 Å². The molecule has 1 aliphatic rings. The maximum atomic E-state index is 13.0. The monoisotopic (exact) mass is 461 g/mol. The highest BCUT2D eigenvalue weighted by molar-refractivity contribution is 5.95. The molecule has 3 N–H and O–H groups in total. The van der Waals surface area contributed by atoms with Gasteiger partial charge in [-0.2, -0.15) is 18.3 Å². The van der Waals surface area contributed by atoms with E-state index >= 15 is 0 Å². The Morgan fingerprint density at radius 3 is 2.52 bits per heavy atom. The molecule has 1 amide bonds. The summed E-state index contributed by atoms with van der Waals surface area (Å²) in [5.74, 6) is -2.73. The fraction of sp³-hybridized carbons (Fsp3) is 0.273. The molecule has 1 unspecified atom stereocenters. The number of aliphatic carboxylic acids is 1. The maximum Gasteiger partial charge on any atom is 0.490 e. The number of nitrogens with one attached hydrogen (secondary N) is 2. The first-order chi connectivity index (χ1) is 15.7. The van der Waals surface area contributed by atoms with Gasteiger partial charge in [0.25, 0.3) is 5.91 Å². The summed E-state index contributed by atoms with van der Waals surface area (Å²) in [4.78, 5) is 28.0. The van der Waals surface area contributed by atoms with Crippen LogP contribution in [0.5, 0.6) is 0 Å². The van der Waals surface area contributed by atoms with Crippen LogP contribution in [-0.2, 0) is 11.2 Å². The zero-order chi connectivity index (χ0) is 23.8. The molecule has 1 atom stereocenters. The zero-order valence-electron chi connectivity index (χ0n) is 17.4. The summed E-state index contributed by atoms with van der Waals surface area (Å²) in [7, 11) is 0. The summed E-state index contributed by atoms with van der Waals surface area (Å²) >= 11 is 0. The lowest BCUT2D eigenvalue weighted by molar-refractivity contribution is -0.192. The van der Waals surface area contributed by atoms with Crippen LogP contribution in [0.4, 0.5) is 13.2 Å². The predicted octanol–water partition coefficient (Wildman–Crippen LogP) is 2.76. The fourth-order valence-corrected chi connectivity index (χ4v) is 3.35. The number of halogens is 3. The van der Waals surface area contributed by atoms with Crippen molar-refractivity contribution < 1.29 is 27.9 Å². The third kappa shape index (κ3) is 6.88. The fourth-order valence-electron chi connectivity index (χ4n) is 3.35. The number of alkyl halides is 3. The van der Waals surface area contributed by atoms with E-state index < -0.39 is 12.1 Å². The van der Waals surface area contributed by atoms with Crippen LogP contribution in [0, 0.1) is 0 Å². The van der Waals surface area contributed by atoms with Crippen LogP contribution in [0.2, 0.25) is 0 Å². The minimum absolute atomic E-state index is 0.0263. The smallest absolute Gasteiger partial charge is 0.475 e. The molecule has 4 rings (SSSR count). The summed E-state index contributed by atoms with van der Waals surface area (Å²) in [6.07, 6.45) is 0.891. The number of carbonyl (C=O) groups excluding carboxylic acids is 1. The lowest BCUT2D eigenvalue weighted by atomic mass is 10.0. The number of rotatable bonds is 4. The Morgan fingerprint density at radius 1 is 1.15 bits per heavy atom. The van der Waals surface area contributed by atoms with Gasteiger partial charge < -0.3 is 15.3 Å². The van der Waals surface area contributed by atoms with Crippen molar-refractivity contribution in [2.45, 2.75) is 18.6 Å². The Morgan fingerprint density at radius 2 is 1.88 bits per heavy atom. The summed E-state index contributed by atoms with van der Waals surface area (Å²) in [5, 5.41) is 17.5. The first kappa shape index (κ1) is 23.9. The molecule has 1 aliphatic heterocycles. The molecule has 8 nitrogen and oxygen atoms in total. The lowest BCUT2D eigenvalue weighted by Crippen LogP contribution is -2.53. The number of pyridine rings is 1. The average Bonchev–Trinajstić information content (AvgIpc) is 3.34. The quantitative estimate of drug-likeness (QED) is 0.551. The Bertz CT molecular complexity index is 1060. The third-order valence-corrected chi connectivity index (χ3v) is 4.91. The molecule has 174 valence electrons. The van der Waals surface area contributed by atoms with Crippen LogP contribution in [0.25, 0.3) is 11.3 Å². The Kier molecular flexibility index (Phi) is 7.78. The predicted molar refractivity (Wildman–Crippen MR) is 113 cm³/mol. The van der Waals surface area contributed by atoms with Gasteiger partial charge in [0, 0.05) is 49.8 Å². The number of amides is 1. The number of hydrogen-bond acceptors (Lipinski definition) is 5. The minimum atomic E-state index is -5.08. The van der Waals surface area contributed by atoms with E-state index in [0.29, 0.717) is 18.7 Å². The van der Waals surface area contributed by atoms with Crippen molar-refractivity contribution in [1.29, 1.82) is 0 Å². The number of aromatic nitrogens is 3. The first-order valence-electron chi connectivity index (χ1n) is 10.1. The van der Waals surface area contributed by atoms with Crippen molar-refractivity contribution in [3.05, 3.63) is 72.2 Å². The number of carbonyl (C=O) groups is 2. The van der Waals surface area contributed by atoms with E-state index in [1.165, 1.54) is 5.56 Å². The number of piperazine rings is 1. The molecule has 0 bridgehead atoms. The Labute approximate surface area is 187 Å². The molecule has 0 aliphatic carbocycles. The molecule has 1 aromatic carbocycles. The summed E-state index contributed by atoms with van der Waals surface area (Å²) < 4.78 is 31.7. The summed E-state index contributed by atoms with van der Waals surface area (Å²) in [5.41, 5.74) is 3.61. The number of hydrogen-bond donors (Lipinski definition) is 3. The van der Waals surface area contributed by atoms with Gasteiger partial charge in [-0.25, -0.2) is 4.79 Å². The zero-order valence-corrected chi connectivity index (χ0v) is 17.4. The number of H-pyrrole nitrogens is 1. The minimum Gasteiger partial charge on any atom is -0.475 e. The molecule has 3 aromatic rings. The van der Waals surface area contributed by atoms with Gasteiger partial charge in [0.05, 0.1) is 11.3 Å². The highest BCUT2D eigenvalue weighted by atomic mass is 19.4. The number of carboxylic acids is 1. The van der Waals surface area contributed by atoms with Crippen LogP contribution in [0.1, 0.15) is 15.9 Å². The second-order valence-electron chi connectivity index (χ2n) is 7.33. The maximum absolute atomic E-state index is 13.0. The summed E-state index contributed by atoms with van der Waals surface area (Å²) in [6.45, 7) is 2.21. The SMILES string of the molecule is O=C(O)C(F)(F)F.O=C(c1cncc(-c2ccn[nH]2)c1)N1CCNC(Cc2ccccc2)C1. The molecular weight excluding hydrogens is 439 g/mol. The van der Waals surface area contributed by atoms with Gasteiger partial charge >= 0.3 is 12.1 Å². The summed E-state index contributed by atoms with van der Waals surface area (Å²) in [6, 6.07) is 14.4. The van der Waals surface area contributed by atoms with Crippen molar-refractivity contribution in [3.63, 3.8) is 0 Å².